The first-order chi connectivity index (χ1) is 5.27. The molecule has 1 saturated carbocycles. The van der Waals surface area contributed by atoms with Crippen LogP contribution in [0.5, 0.6) is 0 Å². The molecule has 1 fully saturated rings. The minimum atomic E-state index is 0.446. The fraction of sp³-hybridized carbons (Fsp3) is 1.00. The van der Waals surface area contributed by atoms with Crippen LogP contribution in [0, 0.1) is 11.8 Å². The zero-order chi connectivity index (χ0) is 8.27. The molecule has 2 heteroatoms. The number of methoxy groups -OCH3 is 1. The van der Waals surface area contributed by atoms with Crippen molar-refractivity contribution in [2.24, 2.45) is 11.8 Å². The summed E-state index contributed by atoms with van der Waals surface area (Å²) in [4.78, 5) is 0. The van der Waals surface area contributed by atoms with Gasteiger partial charge in [-0.3, -0.25) is 0 Å². The highest BCUT2D eigenvalue weighted by molar-refractivity contribution is 4.88. The lowest BCUT2D eigenvalue weighted by molar-refractivity contribution is 0.104. The van der Waals surface area contributed by atoms with Crippen molar-refractivity contribution in [1.82, 2.24) is 5.32 Å². The van der Waals surface area contributed by atoms with Crippen LogP contribution in [0.3, 0.4) is 0 Å². The highest BCUT2D eigenvalue weighted by Crippen LogP contribution is 2.41. The summed E-state index contributed by atoms with van der Waals surface area (Å²) in [5, 5.41) is 3.21. The Morgan fingerprint density at radius 1 is 1.55 bits per heavy atom. The summed E-state index contributed by atoms with van der Waals surface area (Å²) < 4.78 is 5.21. The highest BCUT2D eigenvalue weighted by atomic mass is 16.5. The maximum absolute atomic E-state index is 5.21. The maximum atomic E-state index is 5.21. The van der Waals surface area contributed by atoms with Crippen LogP contribution < -0.4 is 5.32 Å². The Morgan fingerprint density at radius 3 is 2.82 bits per heavy atom. The smallest absolute Gasteiger partial charge is 0.0546 e. The van der Waals surface area contributed by atoms with Gasteiger partial charge in [0.15, 0.2) is 0 Å². The second kappa shape index (κ2) is 4.07. The third-order valence-electron chi connectivity index (χ3n) is 2.57. The molecule has 0 heterocycles. The molecule has 0 radical (unpaired) electrons. The van der Waals surface area contributed by atoms with Gasteiger partial charge in [0, 0.05) is 7.11 Å². The Kier molecular flexibility index (Phi) is 3.34. The molecule has 1 aliphatic carbocycles. The van der Waals surface area contributed by atoms with Gasteiger partial charge in [0.25, 0.3) is 0 Å². The predicted octanol–water partition coefficient (Wildman–Crippen LogP) is 1.27. The number of hydrogen-bond acceptors (Lipinski definition) is 2. The lowest BCUT2D eigenvalue weighted by Gasteiger charge is -2.07. The van der Waals surface area contributed by atoms with E-state index >= 15 is 0 Å². The summed E-state index contributed by atoms with van der Waals surface area (Å²) >= 11 is 0. The average Bonchev–Trinajstić information content (AvgIpc) is 2.69. The monoisotopic (exact) mass is 157 g/mol. The molecule has 0 aromatic carbocycles. The second-order valence-corrected chi connectivity index (χ2v) is 3.60. The molecule has 3 atom stereocenters. The molecule has 66 valence electrons. The lowest BCUT2D eigenvalue weighted by atomic mass is 10.1. The first-order valence-electron chi connectivity index (χ1n) is 4.45. The Labute approximate surface area is 69.3 Å². The molecule has 2 nitrogen and oxygen atoms in total. The van der Waals surface area contributed by atoms with E-state index in [1.165, 1.54) is 19.4 Å². The molecule has 11 heavy (non-hydrogen) atoms. The van der Waals surface area contributed by atoms with Gasteiger partial charge in [0.1, 0.15) is 0 Å². The molecule has 1 N–H and O–H groups in total. The van der Waals surface area contributed by atoms with E-state index in [0.717, 1.165) is 11.8 Å². The van der Waals surface area contributed by atoms with Crippen LogP contribution >= 0.6 is 0 Å². The summed E-state index contributed by atoms with van der Waals surface area (Å²) in [6.45, 7) is 3.33. The zero-order valence-corrected chi connectivity index (χ0v) is 7.76. The van der Waals surface area contributed by atoms with Crippen LogP contribution in [0.4, 0.5) is 0 Å². The quantitative estimate of drug-likeness (QED) is 0.649. The summed E-state index contributed by atoms with van der Waals surface area (Å²) in [5.74, 6) is 1.86. The Hall–Kier alpha value is -0.0800. The zero-order valence-electron chi connectivity index (χ0n) is 7.76. The summed E-state index contributed by atoms with van der Waals surface area (Å²) in [7, 11) is 3.81. The number of nitrogens with one attached hydrogen (secondary N) is 1. The van der Waals surface area contributed by atoms with E-state index in [0.29, 0.717) is 6.10 Å². The van der Waals surface area contributed by atoms with Gasteiger partial charge in [0.2, 0.25) is 0 Å². The Morgan fingerprint density at radius 2 is 2.27 bits per heavy atom. The minimum absolute atomic E-state index is 0.446. The largest absolute Gasteiger partial charge is 0.382 e. The Bertz CT molecular complexity index is 116. The minimum Gasteiger partial charge on any atom is -0.382 e. The molecule has 0 saturated heterocycles. The van der Waals surface area contributed by atoms with Crippen LogP contribution in [0.1, 0.15) is 19.8 Å². The van der Waals surface area contributed by atoms with Crippen molar-refractivity contribution in [1.29, 1.82) is 0 Å². The molecule has 0 aliphatic heterocycles. The van der Waals surface area contributed by atoms with Gasteiger partial charge in [-0.05, 0) is 45.2 Å². The Balaban J connectivity index is 2.03. The maximum Gasteiger partial charge on any atom is 0.0546 e. The van der Waals surface area contributed by atoms with Crippen molar-refractivity contribution in [3.05, 3.63) is 0 Å². The first-order valence-corrected chi connectivity index (χ1v) is 4.45. The van der Waals surface area contributed by atoms with E-state index in [1.54, 1.807) is 7.11 Å². The van der Waals surface area contributed by atoms with Crippen molar-refractivity contribution in [3.8, 4) is 0 Å². The van der Waals surface area contributed by atoms with E-state index in [1.807, 2.05) is 7.05 Å². The molecule has 0 spiro atoms. The standard InChI is InChI=1S/C9H19NO/c1-7(11-3)4-8-5-9(8)6-10-2/h7-10H,4-6H2,1-3H3/t7-,8-,9-/m0/s1. The van der Waals surface area contributed by atoms with Gasteiger partial charge in [0.05, 0.1) is 6.10 Å². The van der Waals surface area contributed by atoms with Crippen LogP contribution in [-0.2, 0) is 4.74 Å². The molecule has 1 rings (SSSR count). The van der Waals surface area contributed by atoms with E-state index in [-0.39, 0.29) is 0 Å². The van der Waals surface area contributed by atoms with Gasteiger partial charge < -0.3 is 10.1 Å². The lowest BCUT2D eigenvalue weighted by Crippen LogP contribution is -2.12. The molecule has 1 aliphatic rings. The third kappa shape index (κ3) is 2.80. The molecular weight excluding hydrogens is 138 g/mol. The molecule has 0 amide bonds. The molecule has 0 aromatic rings. The average molecular weight is 157 g/mol. The van der Waals surface area contributed by atoms with Crippen LogP contribution in [0.15, 0.2) is 0 Å². The topological polar surface area (TPSA) is 21.3 Å². The van der Waals surface area contributed by atoms with Crippen molar-refractivity contribution in [2.45, 2.75) is 25.9 Å². The predicted molar refractivity (Wildman–Crippen MR) is 46.6 cm³/mol. The molecule has 0 bridgehead atoms. The first kappa shape index (κ1) is 9.01. The van der Waals surface area contributed by atoms with Crippen molar-refractivity contribution in [3.63, 3.8) is 0 Å². The molecular formula is C9H19NO. The van der Waals surface area contributed by atoms with Gasteiger partial charge in [-0.2, -0.15) is 0 Å². The molecule has 0 aromatic heterocycles. The van der Waals surface area contributed by atoms with Crippen LogP contribution in [-0.4, -0.2) is 26.8 Å². The van der Waals surface area contributed by atoms with E-state index in [9.17, 15) is 0 Å². The summed E-state index contributed by atoms with van der Waals surface area (Å²) in [6.07, 6.45) is 3.08. The van der Waals surface area contributed by atoms with Gasteiger partial charge in [-0.15, -0.1) is 0 Å². The van der Waals surface area contributed by atoms with Crippen LogP contribution in [0.2, 0.25) is 0 Å². The molecule has 0 unspecified atom stereocenters. The fourth-order valence-electron chi connectivity index (χ4n) is 1.63. The summed E-state index contributed by atoms with van der Waals surface area (Å²) in [6, 6.07) is 0. The van der Waals surface area contributed by atoms with Gasteiger partial charge >= 0.3 is 0 Å². The fourth-order valence-corrected chi connectivity index (χ4v) is 1.63. The number of ether oxygens (including phenoxy) is 1. The number of hydrogen-bond donors (Lipinski definition) is 1. The third-order valence-corrected chi connectivity index (χ3v) is 2.57. The summed E-state index contributed by atoms with van der Waals surface area (Å²) in [5.41, 5.74) is 0. The van der Waals surface area contributed by atoms with Crippen molar-refractivity contribution in [2.75, 3.05) is 20.7 Å². The number of rotatable bonds is 5. The van der Waals surface area contributed by atoms with E-state index < -0.39 is 0 Å². The SMILES string of the molecule is CNC[C@@H]1C[C@@H]1C[C@H](C)OC. The second-order valence-electron chi connectivity index (χ2n) is 3.60. The van der Waals surface area contributed by atoms with Crippen molar-refractivity contribution < 1.29 is 4.74 Å². The van der Waals surface area contributed by atoms with E-state index in [4.69, 9.17) is 4.74 Å². The van der Waals surface area contributed by atoms with Crippen LogP contribution in [0.25, 0.3) is 0 Å². The van der Waals surface area contributed by atoms with Gasteiger partial charge in [-0.1, -0.05) is 0 Å². The normalized spacial score (nSPS) is 31.9. The van der Waals surface area contributed by atoms with Crippen molar-refractivity contribution >= 4 is 0 Å². The van der Waals surface area contributed by atoms with Gasteiger partial charge in [-0.25, -0.2) is 0 Å². The van der Waals surface area contributed by atoms with E-state index in [2.05, 4.69) is 12.2 Å². The highest BCUT2D eigenvalue weighted by Gasteiger charge is 2.36.